The molecule has 0 aliphatic heterocycles. The van der Waals surface area contributed by atoms with Crippen LogP contribution in [0.5, 0.6) is 0 Å². The van der Waals surface area contributed by atoms with Crippen molar-refractivity contribution >= 4 is 60.5 Å². The van der Waals surface area contributed by atoms with Crippen molar-refractivity contribution in [2.75, 3.05) is 4.90 Å². The molecular weight excluding hydrogens is 595 g/mol. The fourth-order valence-corrected chi connectivity index (χ4v) is 8.25. The van der Waals surface area contributed by atoms with Gasteiger partial charge in [-0.05, 0) is 86.4 Å². The highest BCUT2D eigenvalue weighted by Gasteiger charge is 2.37. The smallest absolute Gasteiger partial charge is 0.143 e. The summed E-state index contributed by atoms with van der Waals surface area (Å²) in [5.74, 6) is 0. The van der Waals surface area contributed by atoms with E-state index in [-0.39, 0.29) is 5.41 Å². The van der Waals surface area contributed by atoms with Gasteiger partial charge in [-0.15, -0.1) is 0 Å². The zero-order valence-corrected chi connectivity index (χ0v) is 27.4. The highest BCUT2D eigenvalue weighted by atomic mass is 16.3. The van der Waals surface area contributed by atoms with E-state index in [0.29, 0.717) is 0 Å². The van der Waals surface area contributed by atoms with E-state index in [4.69, 9.17) is 4.42 Å². The Morgan fingerprint density at radius 1 is 0.469 bits per heavy atom. The summed E-state index contributed by atoms with van der Waals surface area (Å²) in [5, 5.41) is 7.06. The minimum absolute atomic E-state index is 0.102. The predicted octanol–water partition coefficient (Wildman–Crippen LogP) is 13.3. The number of hydrogen-bond acceptors (Lipinski definition) is 2. The molecule has 8 aromatic carbocycles. The van der Waals surface area contributed by atoms with E-state index in [9.17, 15) is 0 Å². The monoisotopic (exact) mass is 627 g/mol. The number of rotatable bonds is 4. The number of anilines is 3. The molecule has 10 rings (SSSR count). The van der Waals surface area contributed by atoms with Crippen LogP contribution in [0.3, 0.4) is 0 Å². The van der Waals surface area contributed by atoms with Gasteiger partial charge < -0.3 is 9.32 Å². The van der Waals surface area contributed by atoms with E-state index in [1.54, 1.807) is 0 Å². The molecule has 0 spiro atoms. The van der Waals surface area contributed by atoms with Crippen LogP contribution in [0.4, 0.5) is 17.1 Å². The zero-order chi connectivity index (χ0) is 32.7. The number of fused-ring (bicyclic) bond motifs is 9. The van der Waals surface area contributed by atoms with E-state index in [0.717, 1.165) is 44.1 Å². The normalized spacial score (nSPS) is 13.3. The molecule has 1 aromatic heterocycles. The second-order valence-corrected chi connectivity index (χ2v) is 13.7. The molecular formula is C47H33NO. The lowest BCUT2D eigenvalue weighted by atomic mass is 9.82. The lowest BCUT2D eigenvalue weighted by Crippen LogP contribution is -2.16. The van der Waals surface area contributed by atoms with Gasteiger partial charge in [0.15, 0.2) is 0 Å². The first-order valence-electron chi connectivity index (χ1n) is 17.0. The van der Waals surface area contributed by atoms with Crippen molar-refractivity contribution in [2.45, 2.75) is 19.3 Å². The molecule has 2 heteroatoms. The molecule has 0 radical (unpaired) electrons. The van der Waals surface area contributed by atoms with Crippen LogP contribution >= 0.6 is 0 Å². The molecule has 0 saturated carbocycles. The van der Waals surface area contributed by atoms with Gasteiger partial charge in [0.1, 0.15) is 11.2 Å². The number of para-hydroxylation sites is 1. The van der Waals surface area contributed by atoms with Gasteiger partial charge in [-0.3, -0.25) is 0 Å². The van der Waals surface area contributed by atoms with E-state index in [1.807, 2.05) is 6.07 Å². The quantitative estimate of drug-likeness (QED) is 0.193. The molecule has 0 bridgehead atoms. The number of hydrogen-bond donors (Lipinski definition) is 0. The van der Waals surface area contributed by atoms with E-state index in [1.165, 1.54) is 49.8 Å². The maximum Gasteiger partial charge on any atom is 0.143 e. The summed E-state index contributed by atoms with van der Waals surface area (Å²) in [6.45, 7) is 4.69. The molecule has 2 nitrogen and oxygen atoms in total. The van der Waals surface area contributed by atoms with Crippen LogP contribution in [0.2, 0.25) is 0 Å². The molecule has 49 heavy (non-hydrogen) atoms. The van der Waals surface area contributed by atoms with Gasteiger partial charge in [0.05, 0.1) is 5.69 Å². The first-order chi connectivity index (χ1) is 24.1. The van der Waals surface area contributed by atoms with Crippen LogP contribution in [0, 0.1) is 0 Å². The average Bonchev–Trinajstić information content (AvgIpc) is 3.65. The van der Waals surface area contributed by atoms with Crippen molar-refractivity contribution in [3.05, 3.63) is 175 Å². The summed E-state index contributed by atoms with van der Waals surface area (Å²) in [4.78, 5) is 2.44. The third-order valence-electron chi connectivity index (χ3n) is 10.7. The summed E-state index contributed by atoms with van der Waals surface area (Å²) >= 11 is 0. The Morgan fingerprint density at radius 2 is 1.12 bits per heavy atom. The van der Waals surface area contributed by atoms with E-state index < -0.39 is 0 Å². The fourth-order valence-electron chi connectivity index (χ4n) is 8.25. The highest BCUT2D eigenvalue weighted by molar-refractivity contribution is 6.15. The Balaban J connectivity index is 1.21. The Hall–Kier alpha value is -6.12. The summed E-state index contributed by atoms with van der Waals surface area (Å²) in [7, 11) is 0. The Kier molecular flexibility index (Phi) is 5.95. The fraction of sp³-hybridized carbons (Fsp3) is 0.0638. The maximum absolute atomic E-state index is 6.54. The first kappa shape index (κ1) is 27.9. The van der Waals surface area contributed by atoms with Crippen molar-refractivity contribution in [1.82, 2.24) is 0 Å². The molecule has 0 amide bonds. The van der Waals surface area contributed by atoms with Gasteiger partial charge >= 0.3 is 0 Å². The molecule has 0 saturated heterocycles. The molecule has 0 atom stereocenters. The van der Waals surface area contributed by atoms with Crippen molar-refractivity contribution in [1.29, 1.82) is 0 Å². The molecule has 0 N–H and O–H groups in total. The minimum Gasteiger partial charge on any atom is -0.455 e. The summed E-state index contributed by atoms with van der Waals surface area (Å²) in [6, 6.07) is 59.5. The van der Waals surface area contributed by atoms with Gasteiger partial charge in [0.25, 0.3) is 0 Å². The predicted molar refractivity (Wildman–Crippen MR) is 206 cm³/mol. The Labute approximate surface area is 285 Å². The number of benzene rings is 8. The van der Waals surface area contributed by atoms with Crippen LogP contribution in [0.15, 0.2) is 168 Å². The Morgan fingerprint density at radius 3 is 2.02 bits per heavy atom. The molecule has 0 unspecified atom stereocenters. The average molecular weight is 628 g/mol. The first-order valence-corrected chi connectivity index (χ1v) is 17.0. The molecule has 1 heterocycles. The van der Waals surface area contributed by atoms with Crippen LogP contribution in [0.25, 0.3) is 65.7 Å². The maximum atomic E-state index is 6.54. The molecule has 232 valence electrons. The third kappa shape index (κ3) is 4.14. The van der Waals surface area contributed by atoms with Gasteiger partial charge in [-0.1, -0.05) is 135 Å². The summed E-state index contributed by atoms with van der Waals surface area (Å²) in [5.41, 5.74) is 12.9. The Bertz CT molecular complexity index is 2740. The van der Waals surface area contributed by atoms with E-state index in [2.05, 4.69) is 176 Å². The lowest BCUT2D eigenvalue weighted by molar-refractivity contribution is 0.660. The van der Waals surface area contributed by atoms with Crippen LogP contribution < -0.4 is 4.90 Å². The van der Waals surface area contributed by atoms with Crippen molar-refractivity contribution in [2.24, 2.45) is 0 Å². The van der Waals surface area contributed by atoms with Crippen molar-refractivity contribution in [3.8, 4) is 22.3 Å². The summed E-state index contributed by atoms with van der Waals surface area (Å²) < 4.78 is 6.54. The van der Waals surface area contributed by atoms with Crippen molar-refractivity contribution < 1.29 is 4.42 Å². The van der Waals surface area contributed by atoms with Crippen LogP contribution in [-0.2, 0) is 5.41 Å². The lowest BCUT2D eigenvalue weighted by Gasteiger charge is -2.29. The topological polar surface area (TPSA) is 16.4 Å². The van der Waals surface area contributed by atoms with Crippen LogP contribution in [0.1, 0.15) is 25.0 Å². The highest BCUT2D eigenvalue weighted by Crippen LogP contribution is 2.54. The minimum atomic E-state index is -0.102. The largest absolute Gasteiger partial charge is 0.455 e. The molecule has 0 fully saturated rings. The molecule has 1 aliphatic carbocycles. The summed E-state index contributed by atoms with van der Waals surface area (Å²) in [6.07, 6.45) is 0. The second-order valence-electron chi connectivity index (χ2n) is 13.7. The zero-order valence-electron chi connectivity index (χ0n) is 27.4. The van der Waals surface area contributed by atoms with Gasteiger partial charge in [-0.2, -0.15) is 0 Å². The van der Waals surface area contributed by atoms with Gasteiger partial charge in [0.2, 0.25) is 0 Å². The SMILES string of the molecule is CC1(C)c2ccccc2-c2c(N(c3ccc(-c4cccc5ccccc45)cc3)c3ccc4ccc5c6ccccc6oc5c4c3)cccc21. The van der Waals surface area contributed by atoms with Gasteiger partial charge in [-0.25, -0.2) is 0 Å². The van der Waals surface area contributed by atoms with Gasteiger partial charge in [0, 0.05) is 38.5 Å². The van der Waals surface area contributed by atoms with Crippen molar-refractivity contribution in [3.63, 3.8) is 0 Å². The number of furan rings is 1. The number of nitrogens with zero attached hydrogens (tertiary/aromatic N) is 1. The molecule has 1 aliphatic rings. The van der Waals surface area contributed by atoms with Crippen LogP contribution in [-0.4, -0.2) is 0 Å². The third-order valence-corrected chi connectivity index (χ3v) is 10.7. The standard InChI is InChI=1S/C47H33NO/c1-47(2)41-17-7-5-15-39(41)45-42(47)18-10-19-43(45)48(33-25-21-31(22-26-33)36-16-9-12-30-11-3-4-13-35(30)36)34-27-23-32-24-28-38-37-14-6-8-20-44(37)49-46(38)40(32)29-34/h3-29H,1-2H3. The van der Waals surface area contributed by atoms with E-state index >= 15 is 0 Å². The molecule has 9 aromatic rings. The second kappa shape index (κ2) is 10.4.